The molecule has 0 fully saturated rings. The Kier molecular flexibility index (Phi) is 5.03. The van der Waals surface area contributed by atoms with Gasteiger partial charge in [0, 0.05) is 22.4 Å². The van der Waals surface area contributed by atoms with Crippen LogP contribution in [0.25, 0.3) is 0 Å². The number of halogens is 1. The van der Waals surface area contributed by atoms with E-state index in [1.54, 1.807) is 11.3 Å². The van der Waals surface area contributed by atoms with E-state index in [1.807, 2.05) is 12.1 Å². The Labute approximate surface area is 129 Å². The fourth-order valence-corrected chi connectivity index (χ4v) is 4.60. The molecule has 2 aromatic heterocycles. The van der Waals surface area contributed by atoms with Crippen molar-refractivity contribution in [3.8, 4) is 0 Å². The van der Waals surface area contributed by atoms with Crippen molar-refractivity contribution in [1.82, 2.24) is 4.72 Å². The van der Waals surface area contributed by atoms with Gasteiger partial charge < -0.3 is 9.52 Å². The molecule has 8 heteroatoms. The molecule has 0 amide bonds. The second kappa shape index (κ2) is 6.40. The average Bonchev–Trinajstić information content (AvgIpc) is 3.02. The van der Waals surface area contributed by atoms with E-state index in [-0.39, 0.29) is 28.5 Å². The van der Waals surface area contributed by atoms with Crippen LogP contribution >= 0.6 is 27.3 Å². The molecule has 2 N–H and O–H groups in total. The summed E-state index contributed by atoms with van der Waals surface area (Å²) >= 11 is 4.62. The Hall–Kier alpha value is -0.670. The number of furan rings is 1. The molecule has 0 aliphatic heterocycles. The van der Waals surface area contributed by atoms with Crippen LogP contribution in [0, 0.1) is 0 Å². The highest BCUT2D eigenvalue weighted by atomic mass is 79.9. The fourth-order valence-electron chi connectivity index (χ4n) is 1.61. The summed E-state index contributed by atoms with van der Waals surface area (Å²) in [7, 11) is -3.67. The van der Waals surface area contributed by atoms with Gasteiger partial charge in [-0.05, 0) is 34.5 Å². The predicted molar refractivity (Wildman–Crippen MR) is 80.1 cm³/mol. The molecule has 0 unspecified atom stereocenters. The molecule has 0 aliphatic carbocycles. The minimum atomic E-state index is -3.67. The maximum absolute atomic E-state index is 12.2. The van der Waals surface area contributed by atoms with Gasteiger partial charge in [0.1, 0.15) is 17.3 Å². The van der Waals surface area contributed by atoms with Crippen molar-refractivity contribution < 1.29 is 17.9 Å². The van der Waals surface area contributed by atoms with Crippen molar-refractivity contribution in [1.29, 1.82) is 0 Å². The standard InChI is InChI=1S/C12H14BrNO4S2/c1-2-9-3-4-10(19-9)6-14-20(16,17)11-5-8(7-15)18-12(11)13/h3-5,14-15H,2,6-7H2,1H3. The molecule has 0 aliphatic rings. The normalized spacial score (nSPS) is 11.9. The smallest absolute Gasteiger partial charge is 0.245 e. The highest BCUT2D eigenvalue weighted by Gasteiger charge is 2.22. The lowest BCUT2D eigenvalue weighted by molar-refractivity contribution is 0.245. The van der Waals surface area contributed by atoms with Crippen molar-refractivity contribution in [3.05, 3.63) is 38.4 Å². The number of hydrogen-bond acceptors (Lipinski definition) is 5. The second-order valence-electron chi connectivity index (χ2n) is 4.05. The first kappa shape index (κ1) is 15.7. The Balaban J connectivity index is 2.12. The summed E-state index contributed by atoms with van der Waals surface area (Å²) in [6.07, 6.45) is 0.935. The van der Waals surface area contributed by atoms with E-state index in [0.29, 0.717) is 0 Å². The second-order valence-corrected chi connectivity index (χ2v) is 7.76. The van der Waals surface area contributed by atoms with Crippen molar-refractivity contribution in [3.63, 3.8) is 0 Å². The van der Waals surface area contributed by atoms with Gasteiger partial charge in [-0.2, -0.15) is 0 Å². The minimum absolute atomic E-state index is 0.00572. The maximum Gasteiger partial charge on any atom is 0.245 e. The van der Waals surface area contributed by atoms with Crippen LogP contribution in [-0.2, 0) is 29.6 Å². The van der Waals surface area contributed by atoms with Gasteiger partial charge in [0.05, 0.1) is 0 Å². The zero-order valence-corrected chi connectivity index (χ0v) is 13.9. The molecular formula is C12H14BrNO4S2. The molecule has 20 heavy (non-hydrogen) atoms. The molecule has 0 bridgehead atoms. The van der Waals surface area contributed by atoms with Crippen LogP contribution in [-0.4, -0.2) is 13.5 Å². The molecule has 2 rings (SSSR count). The third-order valence-electron chi connectivity index (χ3n) is 2.65. The maximum atomic E-state index is 12.2. The summed E-state index contributed by atoms with van der Waals surface area (Å²) < 4.78 is 32.0. The highest BCUT2D eigenvalue weighted by Crippen LogP contribution is 2.26. The Morgan fingerprint density at radius 3 is 2.65 bits per heavy atom. The Morgan fingerprint density at radius 1 is 1.40 bits per heavy atom. The average molecular weight is 380 g/mol. The molecule has 2 heterocycles. The van der Waals surface area contributed by atoms with Crippen molar-refractivity contribution >= 4 is 37.3 Å². The number of hydrogen-bond donors (Lipinski definition) is 2. The van der Waals surface area contributed by atoms with E-state index < -0.39 is 10.0 Å². The summed E-state index contributed by atoms with van der Waals surface area (Å²) in [5.74, 6) is 0.196. The summed E-state index contributed by atoms with van der Waals surface area (Å²) in [5.41, 5.74) is 0. The zero-order chi connectivity index (χ0) is 14.8. The summed E-state index contributed by atoms with van der Waals surface area (Å²) in [6.45, 7) is 1.94. The largest absolute Gasteiger partial charge is 0.450 e. The summed E-state index contributed by atoms with van der Waals surface area (Å²) in [5, 5.41) is 8.95. The van der Waals surface area contributed by atoms with Crippen molar-refractivity contribution in [2.75, 3.05) is 0 Å². The van der Waals surface area contributed by atoms with Gasteiger partial charge in [-0.15, -0.1) is 11.3 Å². The number of rotatable bonds is 6. The van der Waals surface area contributed by atoms with Crippen LogP contribution in [0.15, 0.2) is 32.2 Å². The van der Waals surface area contributed by atoms with Crippen LogP contribution in [0.4, 0.5) is 0 Å². The van der Waals surface area contributed by atoms with Crippen molar-refractivity contribution in [2.45, 2.75) is 31.4 Å². The minimum Gasteiger partial charge on any atom is -0.450 e. The predicted octanol–water partition coefficient (Wildman–Crippen LogP) is 2.64. The van der Waals surface area contributed by atoms with Gasteiger partial charge in [-0.1, -0.05) is 6.92 Å². The van der Waals surface area contributed by atoms with Gasteiger partial charge in [0.15, 0.2) is 4.67 Å². The zero-order valence-electron chi connectivity index (χ0n) is 10.7. The van der Waals surface area contributed by atoms with E-state index >= 15 is 0 Å². The lowest BCUT2D eigenvalue weighted by Gasteiger charge is -2.03. The number of thiophene rings is 1. The summed E-state index contributed by atoms with van der Waals surface area (Å²) in [4.78, 5) is 2.16. The third-order valence-corrected chi connectivity index (χ3v) is 6.14. The number of sulfonamides is 1. The molecule has 110 valence electrons. The number of aryl methyl sites for hydroxylation is 1. The molecular weight excluding hydrogens is 366 g/mol. The lowest BCUT2D eigenvalue weighted by Crippen LogP contribution is -2.22. The van der Waals surface area contributed by atoms with Gasteiger partial charge in [-0.3, -0.25) is 0 Å². The molecule has 2 aromatic rings. The Morgan fingerprint density at radius 2 is 2.10 bits per heavy atom. The first-order valence-corrected chi connectivity index (χ1v) is 9.02. The quantitative estimate of drug-likeness (QED) is 0.808. The number of aliphatic hydroxyl groups excluding tert-OH is 1. The van der Waals surface area contributed by atoms with Crippen LogP contribution < -0.4 is 4.72 Å². The van der Waals surface area contributed by atoms with Gasteiger partial charge >= 0.3 is 0 Å². The van der Waals surface area contributed by atoms with Crippen LogP contribution in [0.1, 0.15) is 22.4 Å². The van der Waals surface area contributed by atoms with E-state index in [2.05, 4.69) is 27.6 Å². The first-order chi connectivity index (χ1) is 9.46. The molecule has 0 saturated heterocycles. The SMILES string of the molecule is CCc1ccc(CNS(=O)(=O)c2cc(CO)oc2Br)s1. The van der Waals surface area contributed by atoms with Gasteiger partial charge in [0.25, 0.3) is 0 Å². The molecule has 0 radical (unpaired) electrons. The van der Waals surface area contributed by atoms with Crippen molar-refractivity contribution in [2.24, 2.45) is 0 Å². The number of aliphatic hydroxyl groups is 1. The Bertz CT molecular complexity index is 690. The third kappa shape index (κ3) is 3.50. The molecule has 0 saturated carbocycles. The van der Waals surface area contributed by atoms with Crippen LogP contribution in [0.3, 0.4) is 0 Å². The van der Waals surface area contributed by atoms with E-state index in [0.717, 1.165) is 11.3 Å². The topological polar surface area (TPSA) is 79.5 Å². The highest BCUT2D eigenvalue weighted by molar-refractivity contribution is 9.10. The van der Waals surface area contributed by atoms with Gasteiger partial charge in [0.2, 0.25) is 10.0 Å². The first-order valence-electron chi connectivity index (χ1n) is 5.92. The molecule has 5 nitrogen and oxygen atoms in total. The molecule has 0 atom stereocenters. The van der Waals surface area contributed by atoms with E-state index in [4.69, 9.17) is 9.52 Å². The number of nitrogens with one attached hydrogen (secondary N) is 1. The lowest BCUT2D eigenvalue weighted by atomic mass is 10.4. The van der Waals surface area contributed by atoms with Crippen LogP contribution in [0.2, 0.25) is 0 Å². The van der Waals surface area contributed by atoms with E-state index in [1.165, 1.54) is 10.9 Å². The molecule has 0 aromatic carbocycles. The fraction of sp³-hybridized carbons (Fsp3) is 0.333. The monoisotopic (exact) mass is 379 g/mol. The molecule has 0 spiro atoms. The van der Waals surface area contributed by atoms with Crippen LogP contribution in [0.5, 0.6) is 0 Å². The van der Waals surface area contributed by atoms with E-state index in [9.17, 15) is 8.42 Å². The summed E-state index contributed by atoms with van der Waals surface area (Å²) in [6, 6.07) is 5.21. The van der Waals surface area contributed by atoms with Gasteiger partial charge in [-0.25, -0.2) is 13.1 Å².